The SMILES string of the molecule is Fc1ccccc1-c1nc2ccc(N3CCNCC3)nn2c1-c1ccncc1. The largest absolute Gasteiger partial charge is 0.353 e. The maximum Gasteiger partial charge on any atom is 0.155 e. The summed E-state index contributed by atoms with van der Waals surface area (Å²) >= 11 is 0. The summed E-state index contributed by atoms with van der Waals surface area (Å²) in [6.07, 6.45) is 3.44. The number of piperazine rings is 1. The minimum absolute atomic E-state index is 0.302. The third-order valence-electron chi connectivity index (χ3n) is 4.99. The van der Waals surface area contributed by atoms with Crippen LogP contribution in [0.2, 0.25) is 0 Å². The van der Waals surface area contributed by atoms with Crippen molar-refractivity contribution in [1.29, 1.82) is 0 Å². The lowest BCUT2D eigenvalue weighted by atomic mass is 10.1. The number of anilines is 1. The van der Waals surface area contributed by atoms with Crippen molar-refractivity contribution in [3.05, 3.63) is 66.7 Å². The van der Waals surface area contributed by atoms with E-state index in [0.29, 0.717) is 16.9 Å². The molecule has 0 atom stereocenters. The highest BCUT2D eigenvalue weighted by atomic mass is 19.1. The van der Waals surface area contributed by atoms with Crippen LogP contribution in [0.5, 0.6) is 0 Å². The number of pyridine rings is 1. The van der Waals surface area contributed by atoms with Crippen LogP contribution in [-0.2, 0) is 0 Å². The third kappa shape index (κ3) is 2.90. The van der Waals surface area contributed by atoms with Gasteiger partial charge in [-0.25, -0.2) is 13.9 Å². The number of aromatic nitrogens is 4. The van der Waals surface area contributed by atoms with Crippen LogP contribution in [0.1, 0.15) is 0 Å². The van der Waals surface area contributed by atoms with E-state index >= 15 is 0 Å². The fraction of sp³-hybridized carbons (Fsp3) is 0.190. The molecule has 1 aliphatic heterocycles. The zero-order valence-electron chi connectivity index (χ0n) is 15.2. The zero-order chi connectivity index (χ0) is 18.9. The van der Waals surface area contributed by atoms with Crippen molar-refractivity contribution in [2.75, 3.05) is 31.1 Å². The first kappa shape index (κ1) is 16.8. The quantitative estimate of drug-likeness (QED) is 0.597. The lowest BCUT2D eigenvalue weighted by Gasteiger charge is -2.28. The Labute approximate surface area is 161 Å². The first-order valence-corrected chi connectivity index (χ1v) is 9.32. The lowest BCUT2D eigenvalue weighted by Crippen LogP contribution is -2.44. The molecular formula is C21H19FN6. The molecule has 0 bridgehead atoms. The maximum absolute atomic E-state index is 14.6. The van der Waals surface area contributed by atoms with E-state index in [-0.39, 0.29) is 5.82 Å². The predicted molar refractivity (Wildman–Crippen MR) is 107 cm³/mol. The first-order chi connectivity index (χ1) is 13.8. The molecule has 1 aliphatic rings. The molecule has 140 valence electrons. The van der Waals surface area contributed by atoms with E-state index in [1.54, 1.807) is 24.5 Å². The number of fused-ring (bicyclic) bond motifs is 1. The normalized spacial score (nSPS) is 14.5. The molecule has 0 radical (unpaired) electrons. The molecule has 28 heavy (non-hydrogen) atoms. The van der Waals surface area contributed by atoms with Crippen LogP contribution in [-0.4, -0.2) is 45.8 Å². The summed E-state index contributed by atoms with van der Waals surface area (Å²) in [7, 11) is 0. The van der Waals surface area contributed by atoms with Gasteiger partial charge in [-0.3, -0.25) is 4.98 Å². The van der Waals surface area contributed by atoms with Crippen molar-refractivity contribution in [3.8, 4) is 22.5 Å². The summed E-state index contributed by atoms with van der Waals surface area (Å²) in [6.45, 7) is 3.67. The second-order valence-electron chi connectivity index (χ2n) is 6.72. The molecule has 0 aliphatic carbocycles. The van der Waals surface area contributed by atoms with Gasteiger partial charge in [0.2, 0.25) is 0 Å². The Hall–Kier alpha value is -3.32. The summed E-state index contributed by atoms with van der Waals surface area (Å²) in [4.78, 5) is 11.1. The molecule has 0 unspecified atom stereocenters. The van der Waals surface area contributed by atoms with Crippen LogP contribution in [0.25, 0.3) is 28.2 Å². The van der Waals surface area contributed by atoms with Crippen LogP contribution in [0.15, 0.2) is 60.9 Å². The highest BCUT2D eigenvalue weighted by Crippen LogP contribution is 2.33. The van der Waals surface area contributed by atoms with Gasteiger partial charge < -0.3 is 10.2 Å². The molecule has 1 saturated heterocycles. The van der Waals surface area contributed by atoms with Crippen LogP contribution in [0, 0.1) is 5.82 Å². The average molecular weight is 374 g/mol. The summed E-state index contributed by atoms with van der Waals surface area (Å²) in [5.74, 6) is 0.588. The molecule has 4 heterocycles. The van der Waals surface area contributed by atoms with Gasteiger partial charge in [-0.15, -0.1) is 5.10 Å². The van der Waals surface area contributed by atoms with Gasteiger partial charge in [-0.05, 0) is 36.4 Å². The van der Waals surface area contributed by atoms with Gasteiger partial charge in [0.25, 0.3) is 0 Å². The molecule has 5 rings (SSSR count). The van der Waals surface area contributed by atoms with Gasteiger partial charge in [0.15, 0.2) is 5.65 Å². The van der Waals surface area contributed by atoms with E-state index in [2.05, 4.69) is 15.2 Å². The first-order valence-electron chi connectivity index (χ1n) is 9.32. The lowest BCUT2D eigenvalue weighted by molar-refractivity contribution is 0.582. The van der Waals surface area contributed by atoms with Crippen molar-refractivity contribution in [1.82, 2.24) is 24.9 Å². The monoisotopic (exact) mass is 374 g/mol. The Kier molecular flexibility index (Phi) is 4.21. The van der Waals surface area contributed by atoms with Gasteiger partial charge in [0.05, 0.1) is 0 Å². The molecule has 0 spiro atoms. The summed E-state index contributed by atoms with van der Waals surface area (Å²) in [6, 6.07) is 14.4. The number of nitrogens with zero attached hydrogens (tertiary/aromatic N) is 5. The molecule has 1 aromatic carbocycles. The van der Waals surface area contributed by atoms with Gasteiger partial charge >= 0.3 is 0 Å². The zero-order valence-corrected chi connectivity index (χ0v) is 15.2. The second-order valence-corrected chi connectivity index (χ2v) is 6.72. The molecule has 1 fully saturated rings. The van der Waals surface area contributed by atoms with Crippen molar-refractivity contribution in [2.45, 2.75) is 0 Å². The van der Waals surface area contributed by atoms with E-state index in [9.17, 15) is 4.39 Å². The summed E-state index contributed by atoms with van der Waals surface area (Å²) in [5.41, 5.74) is 3.38. The Bertz CT molecular complexity index is 1120. The predicted octanol–water partition coefficient (Wildman–Crippen LogP) is 3.01. The summed E-state index contributed by atoms with van der Waals surface area (Å²) in [5, 5.41) is 8.21. The van der Waals surface area contributed by atoms with E-state index in [0.717, 1.165) is 43.3 Å². The van der Waals surface area contributed by atoms with E-state index in [1.165, 1.54) is 6.07 Å². The smallest absolute Gasteiger partial charge is 0.155 e. The molecule has 6 nitrogen and oxygen atoms in total. The molecule has 7 heteroatoms. The van der Waals surface area contributed by atoms with Gasteiger partial charge in [-0.2, -0.15) is 0 Å². The van der Waals surface area contributed by atoms with Crippen molar-refractivity contribution < 1.29 is 4.39 Å². The standard InChI is InChI=1S/C21H19FN6/c22-17-4-2-1-3-16(17)20-21(15-7-9-23-10-8-15)28-18(25-20)5-6-19(26-28)27-13-11-24-12-14-27/h1-10,24H,11-14H2. The molecular weight excluding hydrogens is 355 g/mol. The Balaban J connectivity index is 1.74. The number of rotatable bonds is 3. The van der Waals surface area contributed by atoms with Gasteiger partial charge in [0.1, 0.15) is 23.0 Å². The number of hydrogen-bond acceptors (Lipinski definition) is 5. The second kappa shape index (κ2) is 7.01. The maximum atomic E-state index is 14.6. The topological polar surface area (TPSA) is 58.4 Å². The van der Waals surface area contributed by atoms with Crippen LogP contribution < -0.4 is 10.2 Å². The average Bonchev–Trinajstić information content (AvgIpc) is 3.14. The Morgan fingerprint density at radius 1 is 0.929 bits per heavy atom. The highest BCUT2D eigenvalue weighted by Gasteiger charge is 2.21. The number of benzene rings is 1. The van der Waals surface area contributed by atoms with Gasteiger partial charge in [-0.1, -0.05) is 12.1 Å². The summed E-state index contributed by atoms with van der Waals surface area (Å²) < 4.78 is 16.4. The third-order valence-corrected chi connectivity index (χ3v) is 4.99. The molecule has 4 aromatic rings. The van der Waals surface area contributed by atoms with Crippen LogP contribution in [0.4, 0.5) is 10.2 Å². The van der Waals surface area contributed by atoms with Gasteiger partial charge in [0, 0.05) is 49.7 Å². The number of hydrogen-bond donors (Lipinski definition) is 1. The number of imidazole rings is 1. The van der Waals surface area contributed by atoms with Crippen LogP contribution >= 0.6 is 0 Å². The molecule has 3 aromatic heterocycles. The fourth-order valence-electron chi connectivity index (χ4n) is 3.60. The number of halogens is 1. The molecule has 0 amide bonds. The van der Waals surface area contributed by atoms with E-state index in [4.69, 9.17) is 10.1 Å². The molecule has 0 saturated carbocycles. The van der Waals surface area contributed by atoms with Crippen molar-refractivity contribution in [2.24, 2.45) is 0 Å². The minimum atomic E-state index is -0.302. The van der Waals surface area contributed by atoms with E-state index < -0.39 is 0 Å². The van der Waals surface area contributed by atoms with Crippen LogP contribution in [0.3, 0.4) is 0 Å². The van der Waals surface area contributed by atoms with Crippen molar-refractivity contribution in [3.63, 3.8) is 0 Å². The fourth-order valence-corrected chi connectivity index (χ4v) is 3.60. The van der Waals surface area contributed by atoms with Crippen molar-refractivity contribution >= 4 is 11.5 Å². The number of nitrogens with one attached hydrogen (secondary N) is 1. The van der Waals surface area contributed by atoms with E-state index in [1.807, 2.05) is 34.8 Å². The Morgan fingerprint density at radius 3 is 2.50 bits per heavy atom. The highest BCUT2D eigenvalue weighted by molar-refractivity contribution is 5.81. The minimum Gasteiger partial charge on any atom is -0.353 e. The Morgan fingerprint density at radius 2 is 1.71 bits per heavy atom. The molecule has 1 N–H and O–H groups in total.